The fraction of sp³-hybridized carbons (Fsp3) is 0.684. The lowest BCUT2D eigenvalue weighted by Crippen LogP contribution is -2.46. The minimum absolute atomic E-state index is 0.651. The van der Waals surface area contributed by atoms with E-state index in [9.17, 15) is 0 Å². The van der Waals surface area contributed by atoms with Crippen molar-refractivity contribution in [1.82, 2.24) is 9.80 Å². The van der Waals surface area contributed by atoms with Crippen LogP contribution < -0.4 is 9.47 Å². The Kier molecular flexibility index (Phi) is 5.98. The van der Waals surface area contributed by atoms with Crippen LogP contribution in [0.4, 0.5) is 0 Å². The lowest BCUT2D eigenvalue weighted by molar-refractivity contribution is 0.0118. The maximum Gasteiger partial charge on any atom is 0.161 e. The molecule has 24 heavy (non-hydrogen) atoms. The van der Waals surface area contributed by atoms with Crippen LogP contribution in [0.1, 0.15) is 19.4 Å². The Morgan fingerprint density at radius 1 is 1.17 bits per heavy atom. The van der Waals surface area contributed by atoms with Crippen LogP contribution in [0, 0.1) is 5.92 Å². The van der Waals surface area contributed by atoms with Crippen LogP contribution in [-0.4, -0.2) is 69.0 Å². The minimum atomic E-state index is 0.651. The number of ether oxygens (including phenoxy) is 3. The van der Waals surface area contributed by atoms with Crippen molar-refractivity contribution in [3.63, 3.8) is 0 Å². The summed E-state index contributed by atoms with van der Waals surface area (Å²) in [6.45, 7) is 12.2. The first-order valence-corrected chi connectivity index (χ1v) is 9.05. The molecule has 0 spiro atoms. The lowest BCUT2D eigenvalue weighted by Gasteiger charge is -2.34. The summed E-state index contributed by atoms with van der Waals surface area (Å²) in [5.74, 6) is 2.35. The highest BCUT2D eigenvalue weighted by molar-refractivity contribution is 5.43. The molecule has 3 rings (SSSR count). The van der Waals surface area contributed by atoms with Crippen molar-refractivity contribution < 1.29 is 14.2 Å². The van der Waals surface area contributed by atoms with Gasteiger partial charge in [-0.25, -0.2) is 0 Å². The Balaban J connectivity index is 1.63. The third-order valence-corrected chi connectivity index (χ3v) is 5.10. The quantitative estimate of drug-likeness (QED) is 0.797. The normalized spacial score (nSPS) is 25.8. The molecule has 2 saturated heterocycles. The summed E-state index contributed by atoms with van der Waals surface area (Å²) in [5.41, 5.74) is 1.29. The number of rotatable bonds is 6. The van der Waals surface area contributed by atoms with Gasteiger partial charge in [0.2, 0.25) is 0 Å². The van der Waals surface area contributed by atoms with E-state index in [0.717, 1.165) is 57.4 Å². The van der Waals surface area contributed by atoms with Gasteiger partial charge in [-0.05, 0) is 30.5 Å². The highest BCUT2D eigenvalue weighted by Gasteiger charge is 2.34. The van der Waals surface area contributed by atoms with Gasteiger partial charge in [-0.3, -0.25) is 9.80 Å². The number of methoxy groups -OCH3 is 1. The van der Waals surface area contributed by atoms with E-state index in [1.165, 1.54) is 5.56 Å². The molecule has 134 valence electrons. The summed E-state index contributed by atoms with van der Waals surface area (Å²) in [7, 11) is 1.69. The van der Waals surface area contributed by atoms with E-state index >= 15 is 0 Å². The maximum atomic E-state index is 5.70. The fourth-order valence-electron chi connectivity index (χ4n) is 3.91. The van der Waals surface area contributed by atoms with Gasteiger partial charge >= 0.3 is 0 Å². The average Bonchev–Trinajstić information content (AvgIpc) is 2.96. The number of morpholine rings is 1. The molecule has 1 aromatic rings. The first kappa shape index (κ1) is 17.5. The van der Waals surface area contributed by atoms with Gasteiger partial charge in [-0.15, -0.1) is 0 Å². The van der Waals surface area contributed by atoms with Gasteiger partial charge in [0, 0.05) is 38.8 Å². The van der Waals surface area contributed by atoms with Crippen molar-refractivity contribution in [2.75, 3.05) is 53.1 Å². The van der Waals surface area contributed by atoms with Gasteiger partial charge in [-0.1, -0.05) is 13.0 Å². The second-order valence-electron chi connectivity index (χ2n) is 6.81. The second-order valence-corrected chi connectivity index (χ2v) is 6.81. The number of hydrogen-bond acceptors (Lipinski definition) is 5. The maximum absolute atomic E-state index is 5.70. The van der Waals surface area contributed by atoms with E-state index < -0.39 is 0 Å². The Labute approximate surface area is 145 Å². The second kappa shape index (κ2) is 8.19. The molecule has 0 aromatic heterocycles. The number of nitrogens with zero attached hydrogens (tertiary/aromatic N) is 2. The van der Waals surface area contributed by atoms with Crippen LogP contribution in [0.3, 0.4) is 0 Å². The Hall–Kier alpha value is -1.30. The lowest BCUT2D eigenvalue weighted by atomic mass is 10.0. The standard InChI is InChI=1S/C19H30N2O3/c1-4-24-19-11-16(5-6-18(19)22-3)13-20-12-15(2)17(14-20)21-7-9-23-10-8-21/h5-6,11,15,17H,4,7-10,12-14H2,1-3H3/t15-,17-/m0/s1. The first-order chi connectivity index (χ1) is 11.7. The molecule has 2 heterocycles. The van der Waals surface area contributed by atoms with Gasteiger partial charge in [0.1, 0.15) is 0 Å². The molecule has 0 unspecified atom stereocenters. The number of benzene rings is 1. The molecule has 0 saturated carbocycles. The molecule has 0 N–H and O–H groups in total. The topological polar surface area (TPSA) is 34.2 Å². The molecule has 5 nitrogen and oxygen atoms in total. The van der Waals surface area contributed by atoms with Crippen LogP contribution in [0.2, 0.25) is 0 Å². The summed E-state index contributed by atoms with van der Waals surface area (Å²) < 4.78 is 16.6. The van der Waals surface area contributed by atoms with E-state index in [0.29, 0.717) is 18.6 Å². The van der Waals surface area contributed by atoms with Gasteiger partial charge < -0.3 is 14.2 Å². The predicted octanol–water partition coefficient (Wildman–Crippen LogP) is 2.25. The summed E-state index contributed by atoms with van der Waals surface area (Å²) in [6.07, 6.45) is 0. The van der Waals surface area contributed by atoms with Crippen molar-refractivity contribution in [2.45, 2.75) is 26.4 Å². The van der Waals surface area contributed by atoms with Crippen molar-refractivity contribution >= 4 is 0 Å². The van der Waals surface area contributed by atoms with Crippen molar-refractivity contribution in [2.24, 2.45) is 5.92 Å². The van der Waals surface area contributed by atoms with E-state index in [4.69, 9.17) is 14.2 Å². The number of likely N-dealkylation sites (tertiary alicyclic amines) is 1. The molecule has 0 amide bonds. The Morgan fingerprint density at radius 3 is 2.67 bits per heavy atom. The average molecular weight is 334 g/mol. The van der Waals surface area contributed by atoms with E-state index in [-0.39, 0.29) is 0 Å². The molecule has 0 radical (unpaired) electrons. The van der Waals surface area contributed by atoms with E-state index in [1.54, 1.807) is 7.11 Å². The van der Waals surface area contributed by atoms with Gasteiger partial charge in [-0.2, -0.15) is 0 Å². The van der Waals surface area contributed by atoms with Gasteiger partial charge in [0.15, 0.2) is 11.5 Å². The number of hydrogen-bond donors (Lipinski definition) is 0. The zero-order valence-electron chi connectivity index (χ0n) is 15.2. The van der Waals surface area contributed by atoms with E-state index in [1.807, 2.05) is 13.0 Å². The summed E-state index contributed by atoms with van der Waals surface area (Å²) in [6, 6.07) is 6.93. The zero-order valence-corrected chi connectivity index (χ0v) is 15.2. The SMILES string of the molecule is CCOc1cc(CN2C[C@H](C)[C@@H](N3CCOCC3)C2)ccc1OC. The summed E-state index contributed by atoms with van der Waals surface area (Å²) in [4.78, 5) is 5.16. The largest absolute Gasteiger partial charge is 0.493 e. The molecule has 5 heteroatoms. The Morgan fingerprint density at radius 2 is 1.96 bits per heavy atom. The van der Waals surface area contributed by atoms with Crippen LogP contribution in [0.25, 0.3) is 0 Å². The highest BCUT2D eigenvalue weighted by Crippen LogP contribution is 2.30. The molecule has 2 fully saturated rings. The van der Waals surface area contributed by atoms with E-state index in [2.05, 4.69) is 28.9 Å². The monoisotopic (exact) mass is 334 g/mol. The van der Waals surface area contributed by atoms with Gasteiger partial charge in [0.25, 0.3) is 0 Å². The first-order valence-electron chi connectivity index (χ1n) is 9.05. The molecule has 2 atom stereocenters. The minimum Gasteiger partial charge on any atom is -0.493 e. The third kappa shape index (κ3) is 4.02. The molecule has 2 aliphatic heterocycles. The molecule has 0 bridgehead atoms. The molecule has 1 aromatic carbocycles. The molecule has 0 aliphatic carbocycles. The third-order valence-electron chi connectivity index (χ3n) is 5.10. The fourth-order valence-corrected chi connectivity index (χ4v) is 3.91. The highest BCUT2D eigenvalue weighted by atomic mass is 16.5. The van der Waals surface area contributed by atoms with Crippen LogP contribution in [0.5, 0.6) is 11.5 Å². The molecular weight excluding hydrogens is 304 g/mol. The Bertz CT molecular complexity index is 531. The summed E-state index contributed by atoms with van der Waals surface area (Å²) >= 11 is 0. The molecular formula is C19H30N2O3. The van der Waals surface area contributed by atoms with Crippen LogP contribution in [-0.2, 0) is 11.3 Å². The van der Waals surface area contributed by atoms with Crippen molar-refractivity contribution in [1.29, 1.82) is 0 Å². The zero-order chi connectivity index (χ0) is 16.9. The van der Waals surface area contributed by atoms with Crippen LogP contribution in [0.15, 0.2) is 18.2 Å². The van der Waals surface area contributed by atoms with Crippen molar-refractivity contribution in [3.05, 3.63) is 23.8 Å². The smallest absolute Gasteiger partial charge is 0.161 e. The van der Waals surface area contributed by atoms with Gasteiger partial charge in [0.05, 0.1) is 26.9 Å². The predicted molar refractivity (Wildman–Crippen MR) is 94.8 cm³/mol. The van der Waals surface area contributed by atoms with Crippen molar-refractivity contribution in [3.8, 4) is 11.5 Å². The molecule has 2 aliphatic rings. The summed E-state index contributed by atoms with van der Waals surface area (Å²) in [5, 5.41) is 0. The van der Waals surface area contributed by atoms with Crippen LogP contribution >= 0.6 is 0 Å².